The van der Waals surface area contributed by atoms with E-state index in [1.807, 2.05) is 48.5 Å². The van der Waals surface area contributed by atoms with Crippen molar-refractivity contribution in [3.8, 4) is 5.75 Å². The number of ether oxygens (including phenoxy) is 1. The van der Waals surface area contributed by atoms with E-state index in [2.05, 4.69) is 10.5 Å². The molecular weight excluding hydrogens is 348 g/mol. The van der Waals surface area contributed by atoms with Gasteiger partial charge in [-0.05, 0) is 35.4 Å². The third kappa shape index (κ3) is 4.94. The van der Waals surface area contributed by atoms with E-state index in [1.54, 1.807) is 30.3 Å². The number of nitrogens with zero attached hydrogens (tertiary/aromatic N) is 1. The standard InChI is InChI=1S/C21H17ClN2O2/c22-18-10-6-9-17(13-18)14-23-24-21(25)19-11-4-5-12-20(19)26-15-16-7-2-1-3-8-16/h1-14H,15H2,(H,24,25)/b23-14-. The average molecular weight is 365 g/mol. The number of benzene rings is 3. The van der Waals surface area contributed by atoms with Gasteiger partial charge in [0.25, 0.3) is 5.91 Å². The van der Waals surface area contributed by atoms with Gasteiger partial charge in [0.05, 0.1) is 11.8 Å². The number of hydrogen-bond donors (Lipinski definition) is 1. The fourth-order valence-corrected chi connectivity index (χ4v) is 2.53. The molecule has 1 amide bonds. The lowest BCUT2D eigenvalue weighted by Crippen LogP contribution is -2.18. The molecule has 0 fully saturated rings. The molecule has 0 bridgehead atoms. The Morgan fingerprint density at radius 1 is 1.00 bits per heavy atom. The lowest BCUT2D eigenvalue weighted by molar-refractivity contribution is 0.0950. The van der Waals surface area contributed by atoms with Crippen LogP contribution in [0.25, 0.3) is 0 Å². The molecule has 3 aromatic rings. The molecule has 0 unspecified atom stereocenters. The first kappa shape index (κ1) is 17.7. The van der Waals surface area contributed by atoms with Crippen LogP contribution in [0.15, 0.2) is 84.0 Å². The molecule has 130 valence electrons. The van der Waals surface area contributed by atoms with E-state index in [9.17, 15) is 4.79 Å². The van der Waals surface area contributed by atoms with E-state index in [-0.39, 0.29) is 5.91 Å². The highest BCUT2D eigenvalue weighted by atomic mass is 35.5. The number of hydrogen-bond acceptors (Lipinski definition) is 3. The first-order valence-electron chi connectivity index (χ1n) is 8.07. The lowest BCUT2D eigenvalue weighted by Gasteiger charge is -2.10. The van der Waals surface area contributed by atoms with Crippen LogP contribution < -0.4 is 10.2 Å². The SMILES string of the molecule is O=C(N/N=C\c1cccc(Cl)c1)c1ccccc1OCc1ccccc1. The minimum absolute atomic E-state index is 0.341. The third-order valence-electron chi connectivity index (χ3n) is 3.60. The van der Waals surface area contributed by atoms with E-state index in [0.29, 0.717) is 22.9 Å². The Morgan fingerprint density at radius 2 is 1.77 bits per heavy atom. The maximum absolute atomic E-state index is 12.4. The Bertz CT molecular complexity index is 911. The van der Waals surface area contributed by atoms with Crippen molar-refractivity contribution in [1.29, 1.82) is 0 Å². The molecule has 4 nitrogen and oxygen atoms in total. The van der Waals surface area contributed by atoms with Crippen LogP contribution in [0, 0.1) is 0 Å². The van der Waals surface area contributed by atoms with Gasteiger partial charge in [0.2, 0.25) is 0 Å². The largest absolute Gasteiger partial charge is 0.488 e. The molecule has 0 radical (unpaired) electrons. The van der Waals surface area contributed by atoms with Crippen LogP contribution in [0.4, 0.5) is 0 Å². The maximum Gasteiger partial charge on any atom is 0.275 e. The molecule has 5 heteroatoms. The molecular formula is C21H17ClN2O2. The van der Waals surface area contributed by atoms with Crippen molar-refractivity contribution in [2.45, 2.75) is 6.61 Å². The Hall–Kier alpha value is -3.11. The van der Waals surface area contributed by atoms with Gasteiger partial charge < -0.3 is 4.74 Å². The normalized spacial score (nSPS) is 10.7. The van der Waals surface area contributed by atoms with Crippen molar-refractivity contribution in [3.05, 3.63) is 101 Å². The molecule has 0 aliphatic heterocycles. The number of halogens is 1. The Labute approximate surface area is 157 Å². The predicted molar refractivity (Wildman–Crippen MR) is 104 cm³/mol. The first-order valence-corrected chi connectivity index (χ1v) is 8.45. The van der Waals surface area contributed by atoms with Gasteiger partial charge in [0.15, 0.2) is 0 Å². The second kappa shape index (κ2) is 8.83. The molecule has 3 rings (SSSR count). The fraction of sp³-hybridized carbons (Fsp3) is 0.0476. The molecule has 0 heterocycles. The number of nitrogens with one attached hydrogen (secondary N) is 1. The number of rotatable bonds is 6. The number of hydrazone groups is 1. The molecule has 0 aliphatic carbocycles. The quantitative estimate of drug-likeness (QED) is 0.510. The summed E-state index contributed by atoms with van der Waals surface area (Å²) in [7, 11) is 0. The summed E-state index contributed by atoms with van der Waals surface area (Å²) >= 11 is 5.92. The minimum atomic E-state index is -0.341. The molecule has 26 heavy (non-hydrogen) atoms. The molecule has 3 aromatic carbocycles. The van der Waals surface area contributed by atoms with Crippen LogP contribution in [0.5, 0.6) is 5.75 Å². The van der Waals surface area contributed by atoms with Gasteiger partial charge in [-0.15, -0.1) is 0 Å². The highest BCUT2D eigenvalue weighted by molar-refractivity contribution is 6.30. The van der Waals surface area contributed by atoms with Crippen molar-refractivity contribution in [2.75, 3.05) is 0 Å². The van der Waals surface area contributed by atoms with Crippen LogP contribution in [0.1, 0.15) is 21.5 Å². The van der Waals surface area contributed by atoms with Gasteiger partial charge in [-0.25, -0.2) is 5.43 Å². The molecule has 0 atom stereocenters. The second-order valence-corrected chi connectivity index (χ2v) is 5.96. The van der Waals surface area contributed by atoms with Crippen LogP contribution >= 0.6 is 11.6 Å². The van der Waals surface area contributed by atoms with Crippen LogP contribution in [0.3, 0.4) is 0 Å². The van der Waals surface area contributed by atoms with Crippen molar-refractivity contribution < 1.29 is 9.53 Å². The van der Waals surface area contributed by atoms with Gasteiger partial charge in [0.1, 0.15) is 12.4 Å². The number of amides is 1. The summed E-state index contributed by atoms with van der Waals surface area (Å²) < 4.78 is 5.79. The van der Waals surface area contributed by atoms with Gasteiger partial charge in [-0.1, -0.05) is 66.2 Å². The smallest absolute Gasteiger partial charge is 0.275 e. The zero-order valence-corrected chi connectivity index (χ0v) is 14.7. The van der Waals surface area contributed by atoms with Crippen molar-refractivity contribution >= 4 is 23.7 Å². The summed E-state index contributed by atoms with van der Waals surface area (Å²) in [5.74, 6) is 0.166. The summed E-state index contributed by atoms with van der Waals surface area (Å²) in [6, 6.07) is 24.0. The zero-order chi connectivity index (χ0) is 18.2. The van der Waals surface area contributed by atoms with Crippen molar-refractivity contribution in [3.63, 3.8) is 0 Å². The van der Waals surface area contributed by atoms with Crippen LogP contribution in [-0.2, 0) is 6.61 Å². The monoisotopic (exact) mass is 364 g/mol. The van der Waals surface area contributed by atoms with Gasteiger partial charge >= 0.3 is 0 Å². The minimum Gasteiger partial charge on any atom is -0.488 e. The lowest BCUT2D eigenvalue weighted by atomic mass is 10.2. The summed E-state index contributed by atoms with van der Waals surface area (Å²) in [4.78, 5) is 12.4. The van der Waals surface area contributed by atoms with E-state index in [0.717, 1.165) is 11.1 Å². The van der Waals surface area contributed by atoms with Crippen LogP contribution in [0.2, 0.25) is 5.02 Å². The van der Waals surface area contributed by atoms with E-state index >= 15 is 0 Å². The van der Waals surface area contributed by atoms with E-state index in [4.69, 9.17) is 16.3 Å². The molecule has 0 spiro atoms. The molecule has 0 saturated carbocycles. The maximum atomic E-state index is 12.4. The first-order chi connectivity index (χ1) is 12.7. The predicted octanol–water partition coefficient (Wildman–Crippen LogP) is 4.68. The van der Waals surface area contributed by atoms with Gasteiger partial charge in [-0.3, -0.25) is 4.79 Å². The van der Waals surface area contributed by atoms with Gasteiger partial charge in [0, 0.05) is 5.02 Å². The second-order valence-electron chi connectivity index (χ2n) is 5.52. The highest BCUT2D eigenvalue weighted by Crippen LogP contribution is 2.19. The van der Waals surface area contributed by atoms with Crippen molar-refractivity contribution in [1.82, 2.24) is 5.43 Å². The summed E-state index contributed by atoms with van der Waals surface area (Å²) in [6.45, 7) is 0.386. The topological polar surface area (TPSA) is 50.7 Å². The molecule has 0 saturated heterocycles. The van der Waals surface area contributed by atoms with E-state index in [1.165, 1.54) is 6.21 Å². The summed E-state index contributed by atoms with van der Waals surface area (Å²) in [6.07, 6.45) is 1.54. The number of carbonyl (C=O) groups excluding carboxylic acids is 1. The van der Waals surface area contributed by atoms with Crippen LogP contribution in [-0.4, -0.2) is 12.1 Å². The highest BCUT2D eigenvalue weighted by Gasteiger charge is 2.11. The molecule has 1 N–H and O–H groups in total. The fourth-order valence-electron chi connectivity index (χ4n) is 2.33. The molecule has 0 aromatic heterocycles. The summed E-state index contributed by atoms with van der Waals surface area (Å²) in [5, 5.41) is 4.59. The summed E-state index contributed by atoms with van der Waals surface area (Å²) in [5.41, 5.74) is 4.76. The average Bonchev–Trinajstić information content (AvgIpc) is 2.67. The Kier molecular flexibility index (Phi) is 6.01. The number of carbonyl (C=O) groups is 1. The Balaban J connectivity index is 1.65. The van der Waals surface area contributed by atoms with E-state index < -0.39 is 0 Å². The van der Waals surface area contributed by atoms with Crippen molar-refractivity contribution in [2.24, 2.45) is 5.10 Å². The van der Waals surface area contributed by atoms with Gasteiger partial charge in [-0.2, -0.15) is 5.10 Å². The zero-order valence-electron chi connectivity index (χ0n) is 13.9. The number of para-hydroxylation sites is 1. The third-order valence-corrected chi connectivity index (χ3v) is 3.83. The molecule has 0 aliphatic rings. The Morgan fingerprint density at radius 3 is 2.58 bits per heavy atom.